The Bertz CT molecular complexity index is 320. The fourth-order valence-electron chi connectivity index (χ4n) is 4.91. The highest BCUT2D eigenvalue weighted by Gasteiger charge is 2.43. The Balaban J connectivity index is 0.000000693. The summed E-state index contributed by atoms with van der Waals surface area (Å²) in [6.07, 6.45) is 10.2. The topological polar surface area (TPSA) is 9.72 Å². The first kappa shape index (κ1) is 16.7. The fraction of sp³-hybridized carbons (Fsp3) is 1.00. The maximum atomic E-state index is 2.92. The lowest BCUT2D eigenvalue weighted by atomic mass is 9.90. The Morgan fingerprint density at radius 1 is 0.773 bits per heavy atom. The molecule has 0 aromatic rings. The molecule has 128 valence electrons. The van der Waals surface area contributed by atoms with Gasteiger partial charge in [0, 0.05) is 37.8 Å². The number of fused-ring (bicyclic) bond motifs is 2. The van der Waals surface area contributed by atoms with Crippen LogP contribution >= 0.6 is 0 Å². The van der Waals surface area contributed by atoms with Crippen molar-refractivity contribution >= 4 is 0 Å². The van der Waals surface area contributed by atoms with Crippen LogP contribution in [-0.2, 0) is 0 Å². The molecular formula is C19H37N3. The third-order valence-corrected chi connectivity index (χ3v) is 6.56. The largest absolute Gasteiger partial charge is 0.306 e. The Morgan fingerprint density at radius 3 is 1.86 bits per heavy atom. The van der Waals surface area contributed by atoms with Gasteiger partial charge < -0.3 is 4.90 Å². The summed E-state index contributed by atoms with van der Waals surface area (Å²) in [4.78, 5) is 8.27. The number of nitrogens with zero attached hydrogens (tertiary/aromatic N) is 3. The van der Waals surface area contributed by atoms with Crippen LogP contribution in [-0.4, -0.2) is 72.6 Å². The molecule has 0 radical (unpaired) electrons. The van der Waals surface area contributed by atoms with E-state index >= 15 is 0 Å². The van der Waals surface area contributed by atoms with Crippen molar-refractivity contribution in [2.45, 2.75) is 76.9 Å². The molecule has 1 saturated carbocycles. The molecule has 4 aliphatic rings. The van der Waals surface area contributed by atoms with E-state index in [0.29, 0.717) is 0 Å². The molecule has 0 aromatic heterocycles. The van der Waals surface area contributed by atoms with Crippen LogP contribution in [0.4, 0.5) is 0 Å². The van der Waals surface area contributed by atoms with Crippen LogP contribution in [0.5, 0.6) is 0 Å². The van der Waals surface area contributed by atoms with Gasteiger partial charge in [-0.15, -0.1) is 0 Å². The minimum Gasteiger partial charge on any atom is -0.306 e. The molecule has 4 rings (SSSR count). The normalized spacial score (nSPS) is 35.0. The fourth-order valence-corrected chi connectivity index (χ4v) is 4.91. The van der Waals surface area contributed by atoms with Crippen LogP contribution in [0.3, 0.4) is 0 Å². The minimum atomic E-state index is 0.897. The van der Waals surface area contributed by atoms with Gasteiger partial charge in [0.1, 0.15) is 0 Å². The van der Waals surface area contributed by atoms with E-state index < -0.39 is 0 Å². The molecule has 2 atom stereocenters. The maximum absolute atomic E-state index is 2.92. The summed E-state index contributed by atoms with van der Waals surface area (Å²) in [5.74, 6) is 0.976. The van der Waals surface area contributed by atoms with E-state index in [1.165, 1.54) is 77.7 Å². The number of hydrogen-bond donors (Lipinski definition) is 0. The van der Waals surface area contributed by atoms with Gasteiger partial charge >= 0.3 is 0 Å². The zero-order chi connectivity index (χ0) is 15.5. The van der Waals surface area contributed by atoms with E-state index in [-0.39, 0.29) is 0 Å². The Morgan fingerprint density at radius 2 is 1.36 bits per heavy atom. The summed E-state index contributed by atoms with van der Waals surface area (Å²) in [6, 6.07) is 2.76. The summed E-state index contributed by atoms with van der Waals surface area (Å²) < 4.78 is 0. The summed E-state index contributed by atoms with van der Waals surface area (Å²) in [6.45, 7) is 10.8. The first-order valence-electron chi connectivity index (χ1n) is 9.98. The number of likely N-dealkylation sites (tertiary alicyclic amines) is 2. The van der Waals surface area contributed by atoms with Gasteiger partial charge in [0.25, 0.3) is 0 Å². The molecule has 3 aliphatic heterocycles. The lowest BCUT2D eigenvalue weighted by Crippen LogP contribution is -2.58. The molecule has 0 spiro atoms. The first-order chi connectivity index (χ1) is 10.8. The van der Waals surface area contributed by atoms with Gasteiger partial charge in [-0.3, -0.25) is 9.80 Å². The molecule has 2 bridgehead atoms. The van der Waals surface area contributed by atoms with Crippen molar-refractivity contribution in [2.75, 3.05) is 39.8 Å². The standard InChI is InChI=1S/C17H31N3.C2H6/c1-18-9-7-14(8-10-18)11-20-16-5-6-17(20)13-19(12-16)15-3-2-4-15;1-2/h14-17H,2-13H2,1H3;1-2H3. The van der Waals surface area contributed by atoms with Crippen LogP contribution in [0.15, 0.2) is 0 Å². The second-order valence-electron chi connectivity index (χ2n) is 7.87. The minimum absolute atomic E-state index is 0.897. The SMILES string of the molecule is CC.CN1CCC(CN2C3CCC2CN(C2CCC2)C3)CC1. The van der Waals surface area contributed by atoms with E-state index in [4.69, 9.17) is 0 Å². The molecule has 4 fully saturated rings. The van der Waals surface area contributed by atoms with Crippen LogP contribution < -0.4 is 0 Å². The summed E-state index contributed by atoms with van der Waals surface area (Å²) >= 11 is 0. The van der Waals surface area contributed by atoms with E-state index in [1.54, 1.807) is 0 Å². The van der Waals surface area contributed by atoms with Gasteiger partial charge in [0.05, 0.1) is 0 Å². The highest BCUT2D eigenvalue weighted by atomic mass is 15.3. The quantitative estimate of drug-likeness (QED) is 0.793. The smallest absolute Gasteiger partial charge is 0.0227 e. The van der Waals surface area contributed by atoms with Gasteiger partial charge in [-0.25, -0.2) is 0 Å². The summed E-state index contributed by atoms with van der Waals surface area (Å²) in [5.41, 5.74) is 0. The van der Waals surface area contributed by atoms with Gasteiger partial charge in [0.2, 0.25) is 0 Å². The van der Waals surface area contributed by atoms with Crippen LogP contribution in [0.1, 0.15) is 58.8 Å². The Hall–Kier alpha value is -0.120. The zero-order valence-electron chi connectivity index (χ0n) is 15.1. The second kappa shape index (κ2) is 7.63. The number of piperidine rings is 1. The van der Waals surface area contributed by atoms with Crippen molar-refractivity contribution in [3.05, 3.63) is 0 Å². The molecule has 22 heavy (non-hydrogen) atoms. The molecule has 2 unspecified atom stereocenters. The van der Waals surface area contributed by atoms with Crippen molar-refractivity contribution in [3.8, 4) is 0 Å². The van der Waals surface area contributed by atoms with E-state index in [2.05, 4.69) is 21.7 Å². The highest BCUT2D eigenvalue weighted by molar-refractivity contribution is 4.99. The Labute approximate surface area is 138 Å². The van der Waals surface area contributed by atoms with E-state index in [9.17, 15) is 0 Å². The van der Waals surface area contributed by atoms with Crippen molar-refractivity contribution in [1.29, 1.82) is 0 Å². The van der Waals surface area contributed by atoms with Crippen LogP contribution in [0, 0.1) is 5.92 Å². The number of rotatable bonds is 3. The van der Waals surface area contributed by atoms with Crippen LogP contribution in [0.25, 0.3) is 0 Å². The molecule has 3 nitrogen and oxygen atoms in total. The lowest BCUT2D eigenvalue weighted by Gasteiger charge is -2.48. The lowest BCUT2D eigenvalue weighted by molar-refractivity contribution is 0.00563. The predicted octanol–water partition coefficient (Wildman–Crippen LogP) is 3.06. The second-order valence-corrected chi connectivity index (χ2v) is 7.87. The zero-order valence-corrected chi connectivity index (χ0v) is 15.1. The average Bonchev–Trinajstić information content (AvgIpc) is 2.71. The van der Waals surface area contributed by atoms with Crippen molar-refractivity contribution < 1.29 is 0 Å². The van der Waals surface area contributed by atoms with Gasteiger partial charge in [-0.05, 0) is 64.6 Å². The Kier molecular flexibility index (Phi) is 5.80. The molecule has 0 N–H and O–H groups in total. The maximum Gasteiger partial charge on any atom is 0.0227 e. The highest BCUT2D eigenvalue weighted by Crippen LogP contribution is 2.36. The van der Waals surface area contributed by atoms with Crippen LogP contribution in [0.2, 0.25) is 0 Å². The number of piperazine rings is 1. The van der Waals surface area contributed by atoms with E-state index in [0.717, 1.165) is 24.0 Å². The third kappa shape index (κ3) is 3.52. The number of hydrogen-bond acceptors (Lipinski definition) is 3. The van der Waals surface area contributed by atoms with Crippen molar-refractivity contribution in [1.82, 2.24) is 14.7 Å². The molecular weight excluding hydrogens is 270 g/mol. The summed E-state index contributed by atoms with van der Waals surface area (Å²) in [5, 5.41) is 0. The molecule has 0 aromatic carbocycles. The van der Waals surface area contributed by atoms with Gasteiger partial charge in [-0.1, -0.05) is 20.3 Å². The predicted molar refractivity (Wildman–Crippen MR) is 94.3 cm³/mol. The molecule has 0 amide bonds. The van der Waals surface area contributed by atoms with E-state index in [1.807, 2.05) is 13.8 Å². The summed E-state index contributed by atoms with van der Waals surface area (Å²) in [7, 11) is 2.28. The molecule has 3 heterocycles. The molecule has 1 aliphatic carbocycles. The van der Waals surface area contributed by atoms with Crippen molar-refractivity contribution in [3.63, 3.8) is 0 Å². The first-order valence-corrected chi connectivity index (χ1v) is 9.98. The van der Waals surface area contributed by atoms with Crippen molar-refractivity contribution in [2.24, 2.45) is 5.92 Å². The third-order valence-electron chi connectivity index (χ3n) is 6.56. The molecule has 3 heteroatoms. The van der Waals surface area contributed by atoms with Gasteiger partial charge in [-0.2, -0.15) is 0 Å². The van der Waals surface area contributed by atoms with Gasteiger partial charge in [0.15, 0.2) is 0 Å². The average molecular weight is 308 g/mol. The molecule has 3 saturated heterocycles. The monoisotopic (exact) mass is 307 g/mol.